The summed E-state index contributed by atoms with van der Waals surface area (Å²) < 4.78 is 1.80. The van der Waals surface area contributed by atoms with Crippen molar-refractivity contribution in [3.63, 3.8) is 0 Å². The van der Waals surface area contributed by atoms with Crippen molar-refractivity contribution < 1.29 is 0 Å². The van der Waals surface area contributed by atoms with Crippen molar-refractivity contribution in [3.05, 3.63) is 41.7 Å². The number of aryl methyl sites for hydroxylation is 2. The average molecular weight is 226 g/mol. The molecular weight excluding hydrogens is 212 g/mol. The molecule has 86 valence electrons. The number of aromatic nitrogens is 2. The lowest BCUT2D eigenvalue weighted by molar-refractivity contribution is 0.746. The minimum absolute atomic E-state index is 0.664. The second kappa shape index (κ2) is 4.71. The van der Waals surface area contributed by atoms with Gasteiger partial charge in [0, 0.05) is 18.9 Å². The topological polar surface area (TPSA) is 53.6 Å². The first-order valence-electron chi connectivity index (χ1n) is 5.52. The van der Waals surface area contributed by atoms with Crippen LogP contribution in [-0.2, 0) is 13.5 Å². The number of hydrogen-bond donors (Lipinski definition) is 1. The van der Waals surface area contributed by atoms with Crippen LogP contribution in [0.25, 0.3) is 0 Å². The molecule has 0 amide bonds. The van der Waals surface area contributed by atoms with Crippen LogP contribution < -0.4 is 5.32 Å². The van der Waals surface area contributed by atoms with Gasteiger partial charge in [-0.15, -0.1) is 0 Å². The molecule has 2 aromatic rings. The van der Waals surface area contributed by atoms with Gasteiger partial charge in [-0.2, -0.15) is 10.4 Å². The Kier molecular flexibility index (Phi) is 3.10. The molecule has 1 aromatic heterocycles. The molecule has 2 rings (SSSR count). The van der Waals surface area contributed by atoms with E-state index in [0.717, 1.165) is 23.5 Å². The first-order chi connectivity index (χ1) is 8.22. The molecule has 0 saturated heterocycles. The Labute approximate surface area is 100 Å². The van der Waals surface area contributed by atoms with Crippen molar-refractivity contribution in [2.24, 2.45) is 7.05 Å². The van der Waals surface area contributed by atoms with Crippen molar-refractivity contribution in [2.45, 2.75) is 13.3 Å². The van der Waals surface area contributed by atoms with Gasteiger partial charge < -0.3 is 5.32 Å². The lowest BCUT2D eigenvalue weighted by Crippen LogP contribution is -1.93. The van der Waals surface area contributed by atoms with Crippen LogP contribution in [-0.4, -0.2) is 9.78 Å². The Morgan fingerprint density at radius 1 is 1.35 bits per heavy atom. The molecule has 0 fully saturated rings. The number of nitrogens with one attached hydrogen (secondary N) is 1. The maximum atomic E-state index is 8.72. The van der Waals surface area contributed by atoms with Crippen molar-refractivity contribution in [3.8, 4) is 6.07 Å². The molecule has 17 heavy (non-hydrogen) atoms. The van der Waals surface area contributed by atoms with Crippen LogP contribution in [0, 0.1) is 11.3 Å². The quantitative estimate of drug-likeness (QED) is 0.875. The van der Waals surface area contributed by atoms with Gasteiger partial charge in [0.25, 0.3) is 0 Å². The molecule has 0 unspecified atom stereocenters. The van der Waals surface area contributed by atoms with Crippen LogP contribution in [0.5, 0.6) is 0 Å². The lowest BCUT2D eigenvalue weighted by atomic mass is 10.2. The molecule has 0 radical (unpaired) electrons. The second-order valence-electron chi connectivity index (χ2n) is 3.83. The molecule has 1 N–H and O–H groups in total. The molecule has 0 aliphatic heterocycles. The van der Waals surface area contributed by atoms with Gasteiger partial charge in [0.15, 0.2) is 0 Å². The van der Waals surface area contributed by atoms with E-state index in [1.54, 1.807) is 16.8 Å². The number of anilines is 2. The zero-order valence-corrected chi connectivity index (χ0v) is 9.94. The summed E-state index contributed by atoms with van der Waals surface area (Å²) in [4.78, 5) is 0. The Hall–Kier alpha value is -2.28. The molecule has 0 aliphatic carbocycles. The van der Waals surface area contributed by atoms with Gasteiger partial charge in [0.05, 0.1) is 23.0 Å². The fraction of sp³-hybridized carbons (Fsp3) is 0.231. The van der Waals surface area contributed by atoms with E-state index in [2.05, 4.69) is 23.4 Å². The minimum Gasteiger partial charge on any atom is -0.353 e. The van der Waals surface area contributed by atoms with Crippen molar-refractivity contribution >= 4 is 11.4 Å². The van der Waals surface area contributed by atoms with Crippen LogP contribution in [0.1, 0.15) is 18.2 Å². The van der Waals surface area contributed by atoms with E-state index in [9.17, 15) is 0 Å². The molecule has 0 bridgehead atoms. The van der Waals surface area contributed by atoms with E-state index >= 15 is 0 Å². The molecule has 0 spiro atoms. The van der Waals surface area contributed by atoms with Gasteiger partial charge in [-0.05, 0) is 30.7 Å². The summed E-state index contributed by atoms with van der Waals surface area (Å²) >= 11 is 0. The standard InChI is InChI=1S/C13H14N4/c1-3-12-13(9-17(2)16-12)15-11-6-4-10(8-14)5-7-11/h4-7,9,15H,3H2,1-2H3. The first kappa shape index (κ1) is 11.2. The minimum atomic E-state index is 0.664. The van der Waals surface area contributed by atoms with Gasteiger partial charge >= 0.3 is 0 Å². The van der Waals surface area contributed by atoms with E-state index in [1.807, 2.05) is 25.4 Å². The van der Waals surface area contributed by atoms with E-state index < -0.39 is 0 Å². The molecule has 4 nitrogen and oxygen atoms in total. The summed E-state index contributed by atoms with van der Waals surface area (Å²) in [6.45, 7) is 2.08. The lowest BCUT2D eigenvalue weighted by Gasteiger charge is -2.04. The normalized spacial score (nSPS) is 9.94. The van der Waals surface area contributed by atoms with Crippen molar-refractivity contribution in [2.75, 3.05) is 5.32 Å². The van der Waals surface area contributed by atoms with Gasteiger partial charge in [-0.1, -0.05) is 6.92 Å². The van der Waals surface area contributed by atoms with Crippen LogP contribution >= 0.6 is 0 Å². The van der Waals surface area contributed by atoms with Crippen LogP contribution in [0.4, 0.5) is 11.4 Å². The zero-order valence-electron chi connectivity index (χ0n) is 9.94. The van der Waals surface area contributed by atoms with Crippen LogP contribution in [0.3, 0.4) is 0 Å². The summed E-state index contributed by atoms with van der Waals surface area (Å²) in [6, 6.07) is 9.48. The molecule has 0 aliphatic rings. The summed E-state index contributed by atoms with van der Waals surface area (Å²) in [7, 11) is 1.91. The number of nitrogens with zero attached hydrogens (tertiary/aromatic N) is 3. The maximum Gasteiger partial charge on any atom is 0.0991 e. The third-order valence-corrected chi connectivity index (χ3v) is 2.53. The highest BCUT2D eigenvalue weighted by atomic mass is 15.3. The second-order valence-corrected chi connectivity index (χ2v) is 3.83. The summed E-state index contributed by atoms with van der Waals surface area (Å²) in [5.74, 6) is 0. The average Bonchev–Trinajstić information content (AvgIpc) is 2.70. The Bertz CT molecular complexity index is 546. The van der Waals surface area contributed by atoms with Gasteiger partial charge in [-0.3, -0.25) is 4.68 Å². The van der Waals surface area contributed by atoms with Gasteiger partial charge in [0.2, 0.25) is 0 Å². The van der Waals surface area contributed by atoms with Crippen LogP contribution in [0.2, 0.25) is 0 Å². The highest BCUT2D eigenvalue weighted by Crippen LogP contribution is 2.20. The highest BCUT2D eigenvalue weighted by Gasteiger charge is 2.05. The summed E-state index contributed by atoms with van der Waals surface area (Å²) in [5, 5.41) is 16.4. The molecule has 1 heterocycles. The Morgan fingerprint density at radius 3 is 2.65 bits per heavy atom. The third kappa shape index (κ3) is 2.45. The van der Waals surface area contributed by atoms with E-state index in [1.165, 1.54) is 0 Å². The fourth-order valence-electron chi connectivity index (χ4n) is 1.68. The largest absolute Gasteiger partial charge is 0.353 e. The Balaban J connectivity index is 2.22. The fourth-order valence-corrected chi connectivity index (χ4v) is 1.68. The highest BCUT2D eigenvalue weighted by molar-refractivity contribution is 5.61. The first-order valence-corrected chi connectivity index (χ1v) is 5.52. The number of nitriles is 1. The predicted molar refractivity (Wildman–Crippen MR) is 67.0 cm³/mol. The van der Waals surface area contributed by atoms with Gasteiger partial charge in [-0.25, -0.2) is 0 Å². The zero-order chi connectivity index (χ0) is 12.3. The number of hydrogen-bond acceptors (Lipinski definition) is 3. The van der Waals surface area contributed by atoms with Gasteiger partial charge in [0.1, 0.15) is 0 Å². The number of benzene rings is 1. The summed E-state index contributed by atoms with van der Waals surface area (Å²) in [6.07, 6.45) is 2.84. The molecule has 1 aromatic carbocycles. The SMILES string of the molecule is CCc1nn(C)cc1Nc1ccc(C#N)cc1. The van der Waals surface area contributed by atoms with Crippen LogP contribution in [0.15, 0.2) is 30.5 Å². The van der Waals surface area contributed by atoms with E-state index in [4.69, 9.17) is 5.26 Å². The molecule has 4 heteroatoms. The van der Waals surface area contributed by atoms with E-state index in [-0.39, 0.29) is 0 Å². The molecule has 0 saturated carbocycles. The predicted octanol–water partition coefficient (Wildman–Crippen LogP) is 2.60. The number of rotatable bonds is 3. The van der Waals surface area contributed by atoms with Crippen molar-refractivity contribution in [1.29, 1.82) is 5.26 Å². The van der Waals surface area contributed by atoms with Crippen molar-refractivity contribution in [1.82, 2.24) is 9.78 Å². The molecule has 0 atom stereocenters. The molecular formula is C13H14N4. The summed E-state index contributed by atoms with van der Waals surface area (Å²) in [5.41, 5.74) is 3.68. The monoisotopic (exact) mass is 226 g/mol. The third-order valence-electron chi connectivity index (χ3n) is 2.53. The Morgan fingerprint density at radius 2 is 2.06 bits per heavy atom. The maximum absolute atomic E-state index is 8.72. The van der Waals surface area contributed by atoms with E-state index in [0.29, 0.717) is 5.56 Å². The smallest absolute Gasteiger partial charge is 0.0991 e.